The highest BCUT2D eigenvalue weighted by atomic mass is 32.2. The highest BCUT2D eigenvalue weighted by molar-refractivity contribution is 8.13. The predicted octanol–water partition coefficient (Wildman–Crippen LogP) is 0.963. The Balaban J connectivity index is 1.52. The number of aliphatic hydroxyl groups excluding tert-OH is 2. The number of anilines is 1. The van der Waals surface area contributed by atoms with Gasteiger partial charge in [-0.3, -0.25) is 0 Å². The summed E-state index contributed by atoms with van der Waals surface area (Å²) in [6, 6.07) is 5.07. The van der Waals surface area contributed by atoms with Crippen LogP contribution in [0, 0.1) is 11.3 Å². The Labute approximate surface area is 170 Å². The third kappa shape index (κ3) is 3.42. The second kappa shape index (κ2) is 7.79. The summed E-state index contributed by atoms with van der Waals surface area (Å²) in [4.78, 5) is 15.9. The van der Waals surface area contributed by atoms with E-state index >= 15 is 0 Å². The van der Waals surface area contributed by atoms with Gasteiger partial charge in [-0.05, 0) is 36.7 Å². The number of nitrogens with two attached hydrogens (primary N) is 1. The topological polar surface area (TPSA) is 156 Å². The highest BCUT2D eigenvalue weighted by Crippen LogP contribution is 2.40. The summed E-state index contributed by atoms with van der Waals surface area (Å²) in [7, 11) is 0. The van der Waals surface area contributed by atoms with Crippen LogP contribution in [0.1, 0.15) is 31.4 Å². The van der Waals surface area contributed by atoms with Crippen molar-refractivity contribution in [3.05, 3.63) is 24.2 Å². The molecule has 2 fully saturated rings. The van der Waals surface area contributed by atoms with E-state index < -0.39 is 29.2 Å². The van der Waals surface area contributed by atoms with E-state index in [2.05, 4.69) is 10.1 Å². The van der Waals surface area contributed by atoms with Gasteiger partial charge < -0.3 is 25.4 Å². The molecule has 1 aliphatic heterocycles. The molecule has 1 saturated carbocycles. The van der Waals surface area contributed by atoms with E-state index in [4.69, 9.17) is 15.2 Å². The number of aliphatic hydroxyl groups is 2. The lowest BCUT2D eigenvalue weighted by molar-refractivity contribution is -0.0642. The maximum atomic E-state index is 12.1. The summed E-state index contributed by atoms with van der Waals surface area (Å²) in [5.74, 6) is 0.196. The fraction of sp³-hybridized carbons (Fsp3) is 0.556. The Hall–Kier alpha value is -2.39. The van der Waals surface area contributed by atoms with Gasteiger partial charge in [0.1, 0.15) is 42.8 Å². The Morgan fingerprint density at radius 2 is 2.21 bits per heavy atom. The first kappa shape index (κ1) is 19.9. The molecule has 0 unspecified atom stereocenters. The first-order chi connectivity index (χ1) is 14.0. The van der Waals surface area contributed by atoms with Crippen molar-refractivity contribution in [3.63, 3.8) is 0 Å². The van der Waals surface area contributed by atoms with Crippen LogP contribution >= 0.6 is 11.8 Å². The van der Waals surface area contributed by atoms with E-state index in [0.29, 0.717) is 5.52 Å². The molecule has 2 aromatic heterocycles. The third-order valence-electron chi connectivity index (χ3n) is 5.42. The van der Waals surface area contributed by atoms with Gasteiger partial charge in [0.15, 0.2) is 5.82 Å². The minimum absolute atomic E-state index is 0.196. The van der Waals surface area contributed by atoms with Crippen molar-refractivity contribution < 1.29 is 24.5 Å². The average Bonchev–Trinajstić information content (AvgIpc) is 3.42. The SMILES string of the molecule is N#C[C@@]1(c2ccc3c(N)ncnn23)O[C@H](COC(=O)SC2CCCC2)[C@@H](O)[C@H]1O. The second-order valence-corrected chi connectivity index (χ2v) is 8.42. The first-order valence-corrected chi connectivity index (χ1v) is 10.2. The van der Waals surface area contributed by atoms with Crippen LogP contribution in [-0.4, -0.2) is 60.3 Å². The fourth-order valence-electron chi connectivity index (χ4n) is 3.88. The van der Waals surface area contributed by atoms with E-state index in [1.807, 2.05) is 6.07 Å². The summed E-state index contributed by atoms with van der Waals surface area (Å²) < 4.78 is 12.3. The van der Waals surface area contributed by atoms with Gasteiger partial charge in [-0.25, -0.2) is 14.3 Å². The lowest BCUT2D eigenvalue weighted by Crippen LogP contribution is -2.41. The Morgan fingerprint density at radius 3 is 2.93 bits per heavy atom. The van der Waals surface area contributed by atoms with Gasteiger partial charge in [-0.15, -0.1) is 0 Å². The molecular formula is C18H21N5O5S. The molecule has 3 heterocycles. The van der Waals surface area contributed by atoms with Crippen molar-refractivity contribution in [3.8, 4) is 6.07 Å². The number of hydrogen-bond donors (Lipinski definition) is 3. The zero-order valence-corrected chi connectivity index (χ0v) is 16.3. The van der Waals surface area contributed by atoms with Gasteiger partial charge >= 0.3 is 5.30 Å². The number of ether oxygens (including phenoxy) is 2. The number of carbonyl (C=O) groups excluding carboxylic acids is 1. The van der Waals surface area contributed by atoms with E-state index in [-0.39, 0.29) is 23.4 Å². The molecule has 154 valence electrons. The first-order valence-electron chi connectivity index (χ1n) is 9.33. The van der Waals surface area contributed by atoms with Gasteiger partial charge in [0, 0.05) is 5.25 Å². The van der Waals surface area contributed by atoms with E-state index in [0.717, 1.165) is 37.4 Å². The van der Waals surface area contributed by atoms with Crippen LogP contribution in [0.4, 0.5) is 10.6 Å². The molecule has 0 spiro atoms. The maximum absolute atomic E-state index is 12.1. The van der Waals surface area contributed by atoms with Crippen molar-refractivity contribution in [2.24, 2.45) is 0 Å². The minimum Gasteiger partial charge on any atom is -0.455 e. The van der Waals surface area contributed by atoms with Crippen LogP contribution in [0.15, 0.2) is 18.5 Å². The van der Waals surface area contributed by atoms with Crippen molar-refractivity contribution >= 4 is 28.4 Å². The maximum Gasteiger partial charge on any atom is 0.367 e. The number of rotatable bonds is 4. The monoisotopic (exact) mass is 419 g/mol. The Kier molecular flexibility index (Phi) is 5.35. The predicted molar refractivity (Wildman–Crippen MR) is 103 cm³/mol. The molecule has 4 rings (SSSR count). The van der Waals surface area contributed by atoms with Gasteiger partial charge in [0.25, 0.3) is 0 Å². The number of nitrogens with zero attached hydrogens (tertiary/aromatic N) is 4. The van der Waals surface area contributed by atoms with Crippen LogP contribution in [0.25, 0.3) is 5.52 Å². The molecule has 0 radical (unpaired) electrons. The quantitative estimate of drug-likeness (QED) is 0.610. The number of nitrogen functional groups attached to an aromatic ring is 1. The van der Waals surface area contributed by atoms with Crippen molar-refractivity contribution in [2.45, 2.75) is 54.8 Å². The molecule has 11 heteroatoms. The molecule has 29 heavy (non-hydrogen) atoms. The van der Waals surface area contributed by atoms with Gasteiger partial charge in [0.05, 0.1) is 5.69 Å². The largest absolute Gasteiger partial charge is 0.455 e. The summed E-state index contributed by atoms with van der Waals surface area (Å²) in [5, 5.41) is 34.8. The van der Waals surface area contributed by atoms with Gasteiger partial charge in [0.2, 0.25) is 5.60 Å². The van der Waals surface area contributed by atoms with Crippen LogP contribution in [-0.2, 0) is 15.1 Å². The van der Waals surface area contributed by atoms with E-state index in [1.165, 1.54) is 16.9 Å². The molecule has 1 saturated heterocycles. The van der Waals surface area contributed by atoms with Gasteiger partial charge in [-0.1, -0.05) is 12.8 Å². The number of nitriles is 1. The zero-order valence-electron chi connectivity index (χ0n) is 15.5. The van der Waals surface area contributed by atoms with Crippen LogP contribution in [0.3, 0.4) is 0 Å². The highest BCUT2D eigenvalue weighted by Gasteiger charge is 2.57. The summed E-state index contributed by atoms with van der Waals surface area (Å²) in [6.45, 7) is -0.277. The Morgan fingerprint density at radius 1 is 1.45 bits per heavy atom. The van der Waals surface area contributed by atoms with Crippen molar-refractivity contribution in [2.75, 3.05) is 12.3 Å². The fourth-order valence-corrected chi connectivity index (χ4v) is 4.85. The number of carbonyl (C=O) groups is 1. The second-order valence-electron chi connectivity index (χ2n) is 7.19. The summed E-state index contributed by atoms with van der Waals surface area (Å²) >= 11 is 1.14. The molecule has 2 aromatic rings. The van der Waals surface area contributed by atoms with Crippen LogP contribution < -0.4 is 5.73 Å². The van der Waals surface area contributed by atoms with Crippen LogP contribution in [0.5, 0.6) is 0 Å². The van der Waals surface area contributed by atoms with Crippen molar-refractivity contribution in [1.29, 1.82) is 5.26 Å². The number of aromatic nitrogens is 3. The molecule has 4 N–H and O–H groups in total. The zero-order chi connectivity index (χ0) is 20.6. The lowest BCUT2D eigenvalue weighted by atomic mass is 9.92. The Bertz CT molecular complexity index is 956. The van der Waals surface area contributed by atoms with Crippen molar-refractivity contribution in [1.82, 2.24) is 14.6 Å². The van der Waals surface area contributed by atoms with Gasteiger partial charge in [-0.2, -0.15) is 10.4 Å². The number of hydrogen-bond acceptors (Lipinski definition) is 10. The smallest absolute Gasteiger partial charge is 0.367 e. The van der Waals surface area contributed by atoms with E-state index in [9.17, 15) is 20.3 Å². The standard InChI is InChI=1S/C18H21N5O5S/c19-8-18(13-6-5-11-16(20)21-9-22-23(11)13)15(25)14(24)12(28-18)7-27-17(26)29-10-3-1-2-4-10/h5-6,9-10,12,14-15,24-25H,1-4,7H2,(H2,20,21,22)/t12-,14-,15-,18+/m1/s1. The van der Waals surface area contributed by atoms with Crippen LogP contribution in [0.2, 0.25) is 0 Å². The summed E-state index contributed by atoms with van der Waals surface area (Å²) in [6.07, 6.45) is 1.31. The lowest BCUT2D eigenvalue weighted by Gasteiger charge is -2.24. The average molecular weight is 419 g/mol. The molecule has 2 aliphatic rings. The molecule has 10 nitrogen and oxygen atoms in total. The number of thioether (sulfide) groups is 1. The summed E-state index contributed by atoms with van der Waals surface area (Å²) in [5.41, 5.74) is 4.56. The molecule has 1 aliphatic carbocycles. The molecular weight excluding hydrogens is 398 g/mol. The molecule has 0 bridgehead atoms. The molecule has 0 amide bonds. The third-order valence-corrected chi connectivity index (χ3v) is 6.53. The normalized spacial score (nSPS) is 29.9. The van der Waals surface area contributed by atoms with E-state index in [1.54, 1.807) is 6.07 Å². The molecule has 0 aromatic carbocycles. The number of fused-ring (bicyclic) bond motifs is 1. The minimum atomic E-state index is -1.90. The molecule has 4 atom stereocenters.